The van der Waals surface area contributed by atoms with Crippen LogP contribution in [0, 0.1) is 5.92 Å². The molecule has 2 atom stereocenters. The van der Waals surface area contributed by atoms with E-state index in [1.165, 1.54) is 0 Å². The van der Waals surface area contributed by atoms with Crippen molar-refractivity contribution in [1.29, 1.82) is 0 Å². The number of rotatable bonds is 7. The third kappa shape index (κ3) is 5.46. The van der Waals surface area contributed by atoms with Gasteiger partial charge in [-0.3, -0.25) is 14.5 Å². The lowest BCUT2D eigenvalue weighted by Gasteiger charge is -2.29. The molecule has 138 valence electrons. The highest BCUT2D eigenvalue weighted by Gasteiger charge is 2.27. The van der Waals surface area contributed by atoms with Crippen LogP contribution in [0.15, 0.2) is 48.5 Å². The Labute approximate surface area is 162 Å². The highest BCUT2D eigenvalue weighted by Crippen LogP contribution is 2.26. The van der Waals surface area contributed by atoms with Crippen molar-refractivity contribution in [2.45, 2.75) is 13.0 Å². The van der Waals surface area contributed by atoms with Gasteiger partial charge in [0.2, 0.25) is 5.91 Å². The molecule has 2 aromatic rings. The molecule has 0 saturated carbocycles. The molecule has 0 spiro atoms. The summed E-state index contributed by atoms with van der Waals surface area (Å²) < 4.78 is 0. The number of hydrogen-bond acceptors (Lipinski definition) is 3. The molecule has 26 heavy (non-hydrogen) atoms. The standard InChI is InChI=1S/C19H20Cl2N2O3/c1-12(19(25)26)11-23(2)17(13-6-4-3-5-7-13)18(24)22-16-9-14(20)8-15(21)10-16/h3-10,12,17H,11H2,1-2H3,(H,22,24)(H,25,26). The zero-order valence-electron chi connectivity index (χ0n) is 14.4. The average molecular weight is 395 g/mol. The molecule has 1 amide bonds. The summed E-state index contributed by atoms with van der Waals surface area (Å²) in [6.07, 6.45) is 0. The highest BCUT2D eigenvalue weighted by atomic mass is 35.5. The summed E-state index contributed by atoms with van der Waals surface area (Å²) in [4.78, 5) is 25.8. The Kier molecular flexibility index (Phi) is 7.03. The molecule has 2 unspecified atom stereocenters. The van der Waals surface area contributed by atoms with Gasteiger partial charge in [-0.1, -0.05) is 60.5 Å². The maximum atomic E-state index is 12.9. The van der Waals surface area contributed by atoms with E-state index in [-0.39, 0.29) is 12.5 Å². The summed E-state index contributed by atoms with van der Waals surface area (Å²) in [7, 11) is 1.72. The predicted molar refractivity (Wildman–Crippen MR) is 104 cm³/mol. The molecule has 0 aromatic heterocycles. The Bertz CT molecular complexity index is 763. The van der Waals surface area contributed by atoms with E-state index in [0.29, 0.717) is 15.7 Å². The molecule has 0 fully saturated rings. The topological polar surface area (TPSA) is 69.6 Å². The van der Waals surface area contributed by atoms with Crippen LogP contribution in [0.5, 0.6) is 0 Å². The molecule has 0 radical (unpaired) electrons. The van der Waals surface area contributed by atoms with Gasteiger partial charge in [-0.2, -0.15) is 0 Å². The second kappa shape index (κ2) is 9.03. The zero-order valence-corrected chi connectivity index (χ0v) is 16.0. The number of halogens is 2. The summed E-state index contributed by atoms with van der Waals surface area (Å²) in [6, 6.07) is 13.3. The normalized spacial score (nSPS) is 13.3. The number of hydrogen-bond donors (Lipinski definition) is 2. The average Bonchev–Trinajstić information content (AvgIpc) is 2.54. The third-order valence-corrected chi connectivity index (χ3v) is 4.35. The molecule has 0 aliphatic carbocycles. The van der Waals surface area contributed by atoms with E-state index in [4.69, 9.17) is 28.3 Å². The lowest BCUT2D eigenvalue weighted by molar-refractivity contribution is -0.142. The minimum absolute atomic E-state index is 0.221. The number of carbonyl (C=O) groups excluding carboxylic acids is 1. The SMILES string of the molecule is CC(CN(C)C(C(=O)Nc1cc(Cl)cc(Cl)c1)c1ccccc1)C(=O)O. The first kappa shape index (κ1) is 20.2. The van der Waals surface area contributed by atoms with Crippen molar-refractivity contribution in [3.05, 3.63) is 64.1 Å². The van der Waals surface area contributed by atoms with Gasteiger partial charge in [0.25, 0.3) is 0 Å². The number of carbonyl (C=O) groups is 2. The summed E-state index contributed by atoms with van der Waals surface area (Å²) in [5.74, 6) is -1.82. The Hall–Kier alpha value is -2.08. The van der Waals surface area contributed by atoms with Crippen LogP contribution in [-0.2, 0) is 9.59 Å². The summed E-state index contributed by atoms with van der Waals surface area (Å²) in [5.41, 5.74) is 1.24. The van der Waals surface area contributed by atoms with Gasteiger partial charge in [0, 0.05) is 22.3 Å². The van der Waals surface area contributed by atoms with Crippen molar-refractivity contribution >= 4 is 40.8 Å². The number of likely N-dealkylation sites (N-methyl/N-ethyl adjacent to an activating group) is 1. The maximum Gasteiger partial charge on any atom is 0.307 e. The van der Waals surface area contributed by atoms with Crippen molar-refractivity contribution in [2.75, 3.05) is 18.9 Å². The van der Waals surface area contributed by atoms with E-state index in [0.717, 1.165) is 5.56 Å². The first-order valence-electron chi connectivity index (χ1n) is 8.03. The van der Waals surface area contributed by atoms with Crippen molar-refractivity contribution in [1.82, 2.24) is 4.90 Å². The third-order valence-electron chi connectivity index (χ3n) is 3.92. The fourth-order valence-electron chi connectivity index (χ4n) is 2.69. The van der Waals surface area contributed by atoms with E-state index in [1.54, 1.807) is 37.1 Å². The van der Waals surface area contributed by atoms with Gasteiger partial charge in [-0.05, 0) is 30.8 Å². The summed E-state index contributed by atoms with van der Waals surface area (Å²) in [5, 5.41) is 12.8. The number of carboxylic acid groups (broad SMARTS) is 1. The van der Waals surface area contributed by atoms with Crippen molar-refractivity contribution < 1.29 is 14.7 Å². The Balaban J connectivity index is 2.27. The number of amides is 1. The predicted octanol–water partition coefficient (Wildman–Crippen LogP) is 4.33. The molecular formula is C19H20Cl2N2O3. The van der Waals surface area contributed by atoms with Gasteiger partial charge in [0.1, 0.15) is 6.04 Å². The number of benzene rings is 2. The molecule has 2 aromatic carbocycles. The molecule has 0 bridgehead atoms. The highest BCUT2D eigenvalue weighted by molar-refractivity contribution is 6.35. The van der Waals surface area contributed by atoms with Crippen LogP contribution in [0.2, 0.25) is 10.0 Å². The van der Waals surface area contributed by atoms with Gasteiger partial charge in [-0.25, -0.2) is 0 Å². The fourth-order valence-corrected chi connectivity index (χ4v) is 3.22. The monoisotopic (exact) mass is 394 g/mol. The molecule has 2 N–H and O–H groups in total. The Morgan fingerprint density at radius 3 is 2.23 bits per heavy atom. The van der Waals surface area contributed by atoms with Crippen LogP contribution in [0.1, 0.15) is 18.5 Å². The maximum absolute atomic E-state index is 12.9. The molecule has 5 nitrogen and oxygen atoms in total. The molecule has 0 saturated heterocycles. The second-order valence-corrected chi connectivity index (χ2v) is 7.01. The first-order valence-corrected chi connectivity index (χ1v) is 8.78. The Morgan fingerprint density at radius 2 is 1.69 bits per heavy atom. The van der Waals surface area contributed by atoms with E-state index < -0.39 is 17.9 Å². The minimum Gasteiger partial charge on any atom is -0.481 e. The van der Waals surface area contributed by atoms with E-state index in [1.807, 2.05) is 30.3 Å². The van der Waals surface area contributed by atoms with Gasteiger partial charge in [-0.15, -0.1) is 0 Å². The molecule has 0 aliphatic rings. The van der Waals surface area contributed by atoms with Gasteiger partial charge in [0.15, 0.2) is 0 Å². The molecule has 2 rings (SSSR count). The summed E-state index contributed by atoms with van der Waals surface area (Å²) in [6.45, 7) is 1.83. The number of anilines is 1. The number of nitrogens with one attached hydrogen (secondary N) is 1. The second-order valence-electron chi connectivity index (χ2n) is 6.14. The quantitative estimate of drug-likeness (QED) is 0.733. The smallest absolute Gasteiger partial charge is 0.307 e. The largest absolute Gasteiger partial charge is 0.481 e. The summed E-state index contributed by atoms with van der Waals surface area (Å²) >= 11 is 12.0. The molecule has 0 heterocycles. The Morgan fingerprint density at radius 1 is 1.12 bits per heavy atom. The molecular weight excluding hydrogens is 375 g/mol. The zero-order chi connectivity index (χ0) is 19.3. The van der Waals surface area contributed by atoms with Crippen molar-refractivity contribution in [2.24, 2.45) is 5.92 Å². The number of nitrogens with zero attached hydrogens (tertiary/aromatic N) is 1. The van der Waals surface area contributed by atoms with Gasteiger partial charge >= 0.3 is 5.97 Å². The van der Waals surface area contributed by atoms with Crippen LogP contribution in [0.4, 0.5) is 5.69 Å². The lowest BCUT2D eigenvalue weighted by atomic mass is 10.0. The van der Waals surface area contributed by atoms with Crippen LogP contribution >= 0.6 is 23.2 Å². The molecule has 0 aliphatic heterocycles. The number of aliphatic carboxylic acids is 1. The van der Waals surface area contributed by atoms with E-state index in [2.05, 4.69) is 5.32 Å². The first-order chi connectivity index (χ1) is 12.3. The van der Waals surface area contributed by atoms with Crippen LogP contribution in [-0.4, -0.2) is 35.5 Å². The van der Waals surface area contributed by atoms with Crippen LogP contribution in [0.3, 0.4) is 0 Å². The van der Waals surface area contributed by atoms with Crippen LogP contribution in [0.25, 0.3) is 0 Å². The lowest BCUT2D eigenvalue weighted by Crippen LogP contribution is -2.38. The van der Waals surface area contributed by atoms with Crippen molar-refractivity contribution in [3.63, 3.8) is 0 Å². The molecule has 7 heteroatoms. The van der Waals surface area contributed by atoms with E-state index in [9.17, 15) is 9.59 Å². The van der Waals surface area contributed by atoms with Gasteiger partial charge < -0.3 is 10.4 Å². The van der Waals surface area contributed by atoms with Gasteiger partial charge in [0.05, 0.1) is 5.92 Å². The fraction of sp³-hybridized carbons (Fsp3) is 0.263. The minimum atomic E-state index is -0.911. The van der Waals surface area contributed by atoms with E-state index >= 15 is 0 Å². The van der Waals surface area contributed by atoms with Crippen LogP contribution < -0.4 is 5.32 Å². The number of carboxylic acids is 1. The van der Waals surface area contributed by atoms with Crippen molar-refractivity contribution in [3.8, 4) is 0 Å².